The average Bonchev–Trinajstić information content (AvgIpc) is 2.23. The van der Waals surface area contributed by atoms with Gasteiger partial charge < -0.3 is 15.8 Å². The van der Waals surface area contributed by atoms with Gasteiger partial charge in [-0.1, -0.05) is 0 Å². The number of hydrogen-bond donors (Lipinski definition) is 2. The predicted octanol–water partition coefficient (Wildman–Crippen LogP) is 0.135. The van der Waals surface area contributed by atoms with Crippen LogP contribution in [0, 0.1) is 0 Å². The van der Waals surface area contributed by atoms with Crippen molar-refractivity contribution in [3.8, 4) is 0 Å². The summed E-state index contributed by atoms with van der Waals surface area (Å²) in [5, 5.41) is 2.58. The van der Waals surface area contributed by atoms with E-state index in [0.29, 0.717) is 13.0 Å². The number of amides is 1. The highest BCUT2D eigenvalue weighted by molar-refractivity contribution is 7.98. The first-order valence-corrected chi connectivity index (χ1v) is 6.63. The SMILES string of the molecule is CCOC(=O)[C@H](CCSC)NC(=O)[C@H](C)N. The molecule has 0 heterocycles. The van der Waals surface area contributed by atoms with Gasteiger partial charge in [-0.2, -0.15) is 11.8 Å². The lowest BCUT2D eigenvalue weighted by molar-refractivity contribution is -0.147. The molecule has 0 radical (unpaired) electrons. The molecule has 0 saturated heterocycles. The molecule has 0 aliphatic heterocycles. The highest BCUT2D eigenvalue weighted by Crippen LogP contribution is 2.03. The molecule has 0 aliphatic rings. The van der Waals surface area contributed by atoms with E-state index in [-0.39, 0.29) is 5.91 Å². The second-order valence-electron chi connectivity index (χ2n) is 3.38. The second kappa shape index (κ2) is 8.41. The van der Waals surface area contributed by atoms with Crippen LogP contribution in [0.4, 0.5) is 0 Å². The number of ether oxygens (including phenoxy) is 1. The molecule has 3 N–H and O–H groups in total. The van der Waals surface area contributed by atoms with Gasteiger partial charge in [-0.25, -0.2) is 4.79 Å². The Morgan fingerprint density at radius 3 is 2.56 bits per heavy atom. The van der Waals surface area contributed by atoms with Crippen molar-refractivity contribution in [3.05, 3.63) is 0 Å². The Hall–Kier alpha value is -0.750. The number of thioether (sulfide) groups is 1. The number of carbonyl (C=O) groups excluding carboxylic acids is 2. The third kappa shape index (κ3) is 5.97. The van der Waals surface area contributed by atoms with Gasteiger partial charge in [0.05, 0.1) is 12.6 Å². The van der Waals surface area contributed by atoms with E-state index >= 15 is 0 Å². The molecular formula is C10H20N2O3S. The summed E-state index contributed by atoms with van der Waals surface area (Å²) in [6.45, 7) is 3.62. The first-order valence-electron chi connectivity index (χ1n) is 5.24. The van der Waals surface area contributed by atoms with Crippen molar-refractivity contribution < 1.29 is 14.3 Å². The minimum Gasteiger partial charge on any atom is -0.464 e. The molecule has 0 aliphatic carbocycles. The Bertz CT molecular complexity index is 234. The van der Waals surface area contributed by atoms with Gasteiger partial charge in [0.1, 0.15) is 6.04 Å². The Balaban J connectivity index is 4.30. The van der Waals surface area contributed by atoms with Crippen LogP contribution in [0.1, 0.15) is 20.3 Å². The number of hydrogen-bond acceptors (Lipinski definition) is 5. The first kappa shape index (κ1) is 15.2. The second-order valence-corrected chi connectivity index (χ2v) is 4.37. The van der Waals surface area contributed by atoms with Crippen molar-refractivity contribution in [1.29, 1.82) is 0 Å². The minimum absolute atomic E-state index is 0.308. The fourth-order valence-electron chi connectivity index (χ4n) is 1.03. The Kier molecular flexibility index (Phi) is 8.01. The van der Waals surface area contributed by atoms with Gasteiger partial charge in [-0.05, 0) is 32.3 Å². The molecule has 16 heavy (non-hydrogen) atoms. The van der Waals surface area contributed by atoms with E-state index in [4.69, 9.17) is 10.5 Å². The van der Waals surface area contributed by atoms with Crippen LogP contribution in [0.25, 0.3) is 0 Å². The van der Waals surface area contributed by atoms with Crippen LogP contribution >= 0.6 is 11.8 Å². The topological polar surface area (TPSA) is 81.4 Å². The van der Waals surface area contributed by atoms with Crippen LogP contribution < -0.4 is 11.1 Å². The van der Waals surface area contributed by atoms with Crippen molar-refractivity contribution in [2.45, 2.75) is 32.4 Å². The average molecular weight is 248 g/mol. The van der Waals surface area contributed by atoms with Gasteiger partial charge in [0.2, 0.25) is 5.91 Å². The van der Waals surface area contributed by atoms with E-state index in [1.54, 1.807) is 25.6 Å². The summed E-state index contributed by atoms with van der Waals surface area (Å²) in [5.41, 5.74) is 5.42. The predicted molar refractivity (Wildman–Crippen MR) is 65.2 cm³/mol. The zero-order valence-electron chi connectivity index (χ0n) is 9.99. The van der Waals surface area contributed by atoms with Crippen LogP contribution in [0.5, 0.6) is 0 Å². The summed E-state index contributed by atoms with van der Waals surface area (Å²) >= 11 is 1.61. The lowest BCUT2D eigenvalue weighted by atomic mass is 10.2. The lowest BCUT2D eigenvalue weighted by Crippen LogP contribution is -2.48. The number of nitrogens with two attached hydrogens (primary N) is 1. The summed E-state index contributed by atoms with van der Waals surface area (Å²) in [7, 11) is 0. The molecular weight excluding hydrogens is 228 g/mol. The molecule has 0 spiro atoms. The van der Waals surface area contributed by atoms with Crippen molar-refractivity contribution in [2.24, 2.45) is 5.73 Å². The zero-order valence-corrected chi connectivity index (χ0v) is 10.8. The standard InChI is InChI=1S/C10H20N2O3S/c1-4-15-10(14)8(5-6-16-3)12-9(13)7(2)11/h7-8H,4-6,11H2,1-3H3,(H,12,13)/t7-,8-/m0/s1. The zero-order chi connectivity index (χ0) is 12.6. The molecule has 6 heteroatoms. The summed E-state index contributed by atoms with van der Waals surface area (Å²) in [6, 6.07) is -1.21. The molecule has 0 aromatic heterocycles. The Morgan fingerprint density at radius 2 is 2.12 bits per heavy atom. The maximum absolute atomic E-state index is 11.5. The van der Waals surface area contributed by atoms with Crippen LogP contribution in [0.2, 0.25) is 0 Å². The fourth-order valence-corrected chi connectivity index (χ4v) is 1.50. The van der Waals surface area contributed by atoms with Crippen LogP contribution in [-0.2, 0) is 14.3 Å². The van der Waals surface area contributed by atoms with Gasteiger partial charge >= 0.3 is 5.97 Å². The number of rotatable bonds is 7. The molecule has 5 nitrogen and oxygen atoms in total. The molecule has 2 atom stereocenters. The lowest BCUT2D eigenvalue weighted by Gasteiger charge is -2.17. The molecule has 0 bridgehead atoms. The largest absolute Gasteiger partial charge is 0.464 e. The summed E-state index contributed by atoms with van der Waals surface area (Å²) in [4.78, 5) is 22.9. The smallest absolute Gasteiger partial charge is 0.328 e. The van der Waals surface area contributed by atoms with Crippen molar-refractivity contribution in [3.63, 3.8) is 0 Å². The third-order valence-electron chi connectivity index (χ3n) is 1.91. The van der Waals surface area contributed by atoms with E-state index in [2.05, 4.69) is 5.32 Å². The number of nitrogens with one attached hydrogen (secondary N) is 1. The van der Waals surface area contributed by atoms with E-state index in [9.17, 15) is 9.59 Å². The van der Waals surface area contributed by atoms with Gasteiger partial charge in [-0.3, -0.25) is 4.79 Å². The molecule has 0 rings (SSSR count). The quantitative estimate of drug-likeness (QED) is 0.626. The molecule has 0 aromatic carbocycles. The monoisotopic (exact) mass is 248 g/mol. The normalized spacial score (nSPS) is 14.0. The van der Waals surface area contributed by atoms with E-state index in [0.717, 1.165) is 5.75 Å². The molecule has 94 valence electrons. The summed E-state index contributed by atoms with van der Waals surface area (Å²) in [6.07, 6.45) is 2.49. The molecule has 1 amide bonds. The summed E-state index contributed by atoms with van der Waals surface area (Å²) < 4.78 is 4.88. The van der Waals surface area contributed by atoms with Crippen LogP contribution in [-0.4, -0.2) is 42.6 Å². The third-order valence-corrected chi connectivity index (χ3v) is 2.56. The number of esters is 1. The molecule has 0 unspecified atom stereocenters. The van der Waals surface area contributed by atoms with Crippen LogP contribution in [0.3, 0.4) is 0 Å². The maximum atomic E-state index is 11.5. The molecule has 0 saturated carbocycles. The van der Waals surface area contributed by atoms with Crippen LogP contribution in [0.15, 0.2) is 0 Å². The summed E-state index contributed by atoms with van der Waals surface area (Å²) in [5.74, 6) is 0.0487. The highest BCUT2D eigenvalue weighted by atomic mass is 32.2. The minimum atomic E-state index is -0.619. The van der Waals surface area contributed by atoms with Gasteiger partial charge in [0.25, 0.3) is 0 Å². The van der Waals surface area contributed by atoms with E-state index in [1.165, 1.54) is 0 Å². The van der Waals surface area contributed by atoms with E-state index in [1.807, 2.05) is 6.26 Å². The molecule has 0 fully saturated rings. The van der Waals surface area contributed by atoms with Crippen molar-refractivity contribution >= 4 is 23.6 Å². The van der Waals surface area contributed by atoms with Crippen molar-refractivity contribution in [1.82, 2.24) is 5.32 Å². The first-order chi connectivity index (χ1) is 7.52. The fraction of sp³-hybridized carbons (Fsp3) is 0.800. The number of carbonyl (C=O) groups is 2. The van der Waals surface area contributed by atoms with Gasteiger partial charge in [0, 0.05) is 0 Å². The highest BCUT2D eigenvalue weighted by Gasteiger charge is 2.22. The Morgan fingerprint density at radius 1 is 1.50 bits per heavy atom. The van der Waals surface area contributed by atoms with Crippen molar-refractivity contribution in [2.75, 3.05) is 18.6 Å². The van der Waals surface area contributed by atoms with Gasteiger partial charge in [0.15, 0.2) is 0 Å². The van der Waals surface area contributed by atoms with E-state index < -0.39 is 18.1 Å². The molecule has 0 aromatic rings. The Labute approximate surface area is 100 Å². The maximum Gasteiger partial charge on any atom is 0.328 e. The van der Waals surface area contributed by atoms with Gasteiger partial charge in [-0.15, -0.1) is 0 Å².